The third kappa shape index (κ3) is 1.88. The minimum Gasteiger partial charge on any atom is -0.472 e. The standard InChI is InChI=1S/C26H28O6/c1-22(2)16-12-18(28)25(5)15(23(16,3)9-7-17(22)27)6-10-24(4)19(14-8-11-30-13-14)31-21(29)20-26(24,25)32-20/h7-9,11-13,15,19-20H,6,10H2,1-5H3/t15-,19+,20-,23-,24+,25+,26-/m1/s1. The molecule has 1 aromatic heterocycles. The highest BCUT2D eigenvalue weighted by Gasteiger charge is 2.87. The Morgan fingerprint density at radius 2 is 1.75 bits per heavy atom. The number of carbonyl (C=O) groups excluding carboxylic acids is 3. The first-order chi connectivity index (χ1) is 14.9. The zero-order valence-corrected chi connectivity index (χ0v) is 19.1. The first-order valence-corrected chi connectivity index (χ1v) is 11.4. The number of carbonyl (C=O) groups is 3. The molecule has 0 radical (unpaired) electrons. The molecule has 1 spiro atoms. The van der Waals surface area contributed by atoms with Crippen LogP contribution in [0.1, 0.15) is 59.1 Å². The van der Waals surface area contributed by atoms with Gasteiger partial charge in [-0.25, -0.2) is 4.79 Å². The smallest absolute Gasteiger partial charge is 0.339 e. The van der Waals surface area contributed by atoms with Gasteiger partial charge in [-0.1, -0.05) is 19.9 Å². The zero-order valence-electron chi connectivity index (χ0n) is 19.1. The van der Waals surface area contributed by atoms with Gasteiger partial charge in [0.2, 0.25) is 0 Å². The molecule has 6 nitrogen and oxygen atoms in total. The molecule has 0 aromatic carbocycles. The van der Waals surface area contributed by atoms with Gasteiger partial charge in [-0.05, 0) is 63.3 Å². The van der Waals surface area contributed by atoms with Gasteiger partial charge in [-0.2, -0.15) is 0 Å². The number of hydrogen-bond donors (Lipinski definition) is 0. The molecular formula is C26H28O6. The third-order valence-electron chi connectivity index (χ3n) is 9.72. The van der Waals surface area contributed by atoms with Gasteiger partial charge in [0.15, 0.2) is 17.7 Å². The molecule has 0 bridgehead atoms. The normalized spacial score (nSPS) is 48.1. The number of furan rings is 1. The number of fused-ring (bicyclic) bond motifs is 3. The molecule has 7 atom stereocenters. The van der Waals surface area contributed by atoms with Gasteiger partial charge in [0.05, 0.1) is 17.9 Å². The average Bonchev–Trinajstić information content (AvgIpc) is 3.30. The molecule has 32 heavy (non-hydrogen) atoms. The summed E-state index contributed by atoms with van der Waals surface area (Å²) >= 11 is 0. The number of ether oxygens (including phenoxy) is 2. The second-order valence-corrected chi connectivity index (χ2v) is 11.3. The summed E-state index contributed by atoms with van der Waals surface area (Å²) in [4.78, 5) is 39.7. The molecule has 0 amide bonds. The zero-order chi connectivity index (χ0) is 22.9. The average molecular weight is 437 g/mol. The van der Waals surface area contributed by atoms with E-state index in [2.05, 4.69) is 13.8 Å². The first-order valence-electron chi connectivity index (χ1n) is 11.4. The Labute approximate surface area is 187 Å². The molecule has 2 aliphatic heterocycles. The summed E-state index contributed by atoms with van der Waals surface area (Å²) in [5, 5.41) is 0. The van der Waals surface area contributed by atoms with E-state index in [1.165, 1.54) is 0 Å². The lowest BCUT2D eigenvalue weighted by molar-refractivity contribution is -0.194. The fourth-order valence-electron chi connectivity index (χ4n) is 7.99. The van der Waals surface area contributed by atoms with Crippen molar-refractivity contribution in [3.05, 3.63) is 48.0 Å². The number of rotatable bonds is 1. The number of esters is 1. The van der Waals surface area contributed by atoms with Crippen LogP contribution in [0.3, 0.4) is 0 Å². The van der Waals surface area contributed by atoms with Gasteiger partial charge in [0.1, 0.15) is 11.7 Å². The Balaban J connectivity index is 1.57. The molecule has 1 saturated carbocycles. The molecular weight excluding hydrogens is 408 g/mol. The van der Waals surface area contributed by atoms with Crippen LogP contribution >= 0.6 is 0 Å². The second kappa shape index (κ2) is 5.53. The van der Waals surface area contributed by atoms with Gasteiger partial charge >= 0.3 is 5.97 Å². The Bertz CT molecular complexity index is 1140. The largest absolute Gasteiger partial charge is 0.472 e. The number of epoxide rings is 1. The van der Waals surface area contributed by atoms with Crippen LogP contribution in [0.5, 0.6) is 0 Å². The van der Waals surface area contributed by atoms with Crippen molar-refractivity contribution >= 4 is 17.5 Å². The van der Waals surface area contributed by atoms with Crippen LogP contribution in [0.4, 0.5) is 0 Å². The van der Waals surface area contributed by atoms with E-state index in [9.17, 15) is 14.4 Å². The number of hydrogen-bond acceptors (Lipinski definition) is 6. The monoisotopic (exact) mass is 436 g/mol. The van der Waals surface area contributed by atoms with Gasteiger partial charge in [-0.3, -0.25) is 9.59 Å². The van der Waals surface area contributed by atoms with Crippen molar-refractivity contribution in [3.8, 4) is 0 Å². The molecule has 0 unspecified atom stereocenters. The molecule has 2 saturated heterocycles. The predicted molar refractivity (Wildman–Crippen MR) is 113 cm³/mol. The SMILES string of the molecule is CC1(C)C(=O)C=C[C@@]2(C)C1=CC(=O)[C@]1(C)[C@@H]2CC[C@@]2(C)[C@H](c3ccoc3)OC(=O)[C@H]3O[C@]321. The van der Waals surface area contributed by atoms with E-state index >= 15 is 0 Å². The van der Waals surface area contributed by atoms with Crippen LogP contribution in [-0.4, -0.2) is 29.2 Å². The highest BCUT2D eigenvalue weighted by molar-refractivity contribution is 6.05. The van der Waals surface area contributed by atoms with E-state index in [4.69, 9.17) is 13.9 Å². The summed E-state index contributed by atoms with van der Waals surface area (Å²) in [5.74, 6) is -0.559. The summed E-state index contributed by atoms with van der Waals surface area (Å²) in [5.41, 5.74) is -2.03. The molecule has 3 aliphatic carbocycles. The molecule has 3 heterocycles. The number of allylic oxidation sites excluding steroid dienone is 4. The van der Waals surface area contributed by atoms with Crippen molar-refractivity contribution in [2.75, 3.05) is 0 Å². The van der Waals surface area contributed by atoms with Crippen LogP contribution in [0.15, 0.2) is 46.8 Å². The maximum atomic E-state index is 14.0. The Kier molecular flexibility index (Phi) is 3.48. The lowest BCUT2D eigenvalue weighted by Gasteiger charge is -2.63. The van der Waals surface area contributed by atoms with E-state index in [1.54, 1.807) is 24.7 Å². The lowest BCUT2D eigenvalue weighted by atomic mass is 9.38. The first kappa shape index (κ1) is 20.2. The minimum atomic E-state index is -0.957. The van der Waals surface area contributed by atoms with Gasteiger partial charge in [0, 0.05) is 21.8 Å². The fourth-order valence-corrected chi connectivity index (χ4v) is 7.99. The molecule has 5 aliphatic rings. The Morgan fingerprint density at radius 1 is 1.00 bits per heavy atom. The van der Waals surface area contributed by atoms with E-state index in [1.807, 2.05) is 32.9 Å². The van der Waals surface area contributed by atoms with E-state index < -0.39 is 45.4 Å². The van der Waals surface area contributed by atoms with Crippen LogP contribution in [0.25, 0.3) is 0 Å². The fraction of sp³-hybridized carbons (Fsp3) is 0.577. The van der Waals surface area contributed by atoms with Crippen LogP contribution in [0.2, 0.25) is 0 Å². The summed E-state index contributed by atoms with van der Waals surface area (Å²) in [6.45, 7) is 9.97. The van der Waals surface area contributed by atoms with Crippen molar-refractivity contribution in [1.82, 2.24) is 0 Å². The molecule has 6 heteroatoms. The number of cyclic esters (lactones) is 1. The molecule has 168 valence electrons. The van der Waals surface area contributed by atoms with Crippen molar-refractivity contribution in [2.45, 2.75) is 65.3 Å². The highest BCUT2D eigenvalue weighted by atomic mass is 16.7. The minimum absolute atomic E-state index is 0.0123. The summed E-state index contributed by atoms with van der Waals surface area (Å²) in [6.07, 6.45) is 8.69. The lowest BCUT2D eigenvalue weighted by Crippen LogP contribution is -2.69. The van der Waals surface area contributed by atoms with Crippen LogP contribution < -0.4 is 0 Å². The van der Waals surface area contributed by atoms with Crippen LogP contribution in [0, 0.1) is 27.6 Å². The Morgan fingerprint density at radius 3 is 2.44 bits per heavy atom. The topological polar surface area (TPSA) is 86.1 Å². The van der Waals surface area contributed by atoms with Crippen molar-refractivity contribution < 1.29 is 28.3 Å². The maximum Gasteiger partial charge on any atom is 0.339 e. The van der Waals surface area contributed by atoms with E-state index in [0.717, 1.165) is 24.0 Å². The summed E-state index contributed by atoms with van der Waals surface area (Å²) in [7, 11) is 0. The van der Waals surface area contributed by atoms with Gasteiger partial charge in [0.25, 0.3) is 0 Å². The molecule has 6 rings (SSSR count). The van der Waals surface area contributed by atoms with Gasteiger partial charge in [-0.15, -0.1) is 0 Å². The Hall–Kier alpha value is -2.47. The molecule has 3 fully saturated rings. The van der Waals surface area contributed by atoms with Gasteiger partial charge < -0.3 is 13.9 Å². The van der Waals surface area contributed by atoms with Crippen molar-refractivity contribution in [1.29, 1.82) is 0 Å². The maximum absolute atomic E-state index is 14.0. The summed E-state index contributed by atoms with van der Waals surface area (Å²) in [6, 6.07) is 1.81. The molecule has 0 N–H and O–H groups in total. The number of ketones is 2. The van der Waals surface area contributed by atoms with Crippen molar-refractivity contribution in [2.24, 2.45) is 27.6 Å². The molecule has 1 aromatic rings. The summed E-state index contributed by atoms with van der Waals surface area (Å²) < 4.78 is 17.5. The predicted octanol–water partition coefficient (Wildman–Crippen LogP) is 4.12. The van der Waals surface area contributed by atoms with E-state index in [0.29, 0.717) is 0 Å². The van der Waals surface area contributed by atoms with Crippen LogP contribution in [-0.2, 0) is 23.9 Å². The third-order valence-corrected chi connectivity index (χ3v) is 9.72. The highest BCUT2D eigenvalue weighted by Crippen LogP contribution is 2.77. The van der Waals surface area contributed by atoms with E-state index in [-0.39, 0.29) is 17.5 Å². The quantitative estimate of drug-likeness (QED) is 0.486. The second-order valence-electron chi connectivity index (χ2n) is 11.3. The van der Waals surface area contributed by atoms with Crippen molar-refractivity contribution in [3.63, 3.8) is 0 Å².